The summed E-state index contributed by atoms with van der Waals surface area (Å²) < 4.78 is 16.8. The van der Waals surface area contributed by atoms with Crippen molar-refractivity contribution in [1.29, 1.82) is 0 Å². The molecule has 0 fully saturated rings. The molecule has 0 radical (unpaired) electrons. The molecule has 5 heteroatoms. The minimum Gasteiger partial charge on any atom is -0.481 e. The maximum absolute atomic E-state index is 11.5. The van der Waals surface area contributed by atoms with E-state index in [1.165, 1.54) is 0 Å². The fraction of sp³-hybridized carbons (Fsp3) is 0.154. The van der Waals surface area contributed by atoms with Crippen LogP contribution in [0.25, 0.3) is 11.3 Å². The van der Waals surface area contributed by atoms with E-state index < -0.39 is 16.8 Å². The van der Waals surface area contributed by atoms with Crippen molar-refractivity contribution >= 4 is 16.8 Å². The Labute approximate surface area is 107 Å². The highest BCUT2D eigenvalue weighted by Gasteiger charge is 2.08. The lowest BCUT2D eigenvalue weighted by atomic mass is 10.1. The van der Waals surface area contributed by atoms with Crippen LogP contribution in [-0.2, 0) is 21.3 Å². The van der Waals surface area contributed by atoms with Crippen LogP contribution in [0.15, 0.2) is 47.1 Å². The Morgan fingerprint density at radius 2 is 2.11 bits per heavy atom. The van der Waals surface area contributed by atoms with Gasteiger partial charge in [0.05, 0.1) is 6.26 Å². The van der Waals surface area contributed by atoms with Crippen LogP contribution in [0.3, 0.4) is 0 Å². The number of furan rings is 1. The maximum atomic E-state index is 11.5. The predicted octanol–water partition coefficient (Wildman–Crippen LogP) is 2.28. The normalized spacial score (nSPS) is 12.2. The molecule has 0 saturated heterocycles. The minimum absolute atomic E-state index is 0.237. The zero-order valence-electron chi connectivity index (χ0n) is 9.54. The molecule has 1 N–H and O–H groups in total. The first-order chi connectivity index (χ1) is 8.65. The summed E-state index contributed by atoms with van der Waals surface area (Å²) in [5.41, 5.74) is 1.73. The first-order valence-electron chi connectivity index (χ1n) is 5.35. The van der Waals surface area contributed by atoms with Crippen LogP contribution in [0.4, 0.5) is 0 Å². The van der Waals surface area contributed by atoms with Crippen molar-refractivity contribution in [2.75, 3.05) is 5.75 Å². The Morgan fingerprint density at radius 1 is 1.28 bits per heavy atom. The van der Waals surface area contributed by atoms with Crippen LogP contribution in [0.5, 0.6) is 0 Å². The molecule has 1 heterocycles. The van der Waals surface area contributed by atoms with Gasteiger partial charge in [-0.3, -0.25) is 9.00 Å². The van der Waals surface area contributed by atoms with Gasteiger partial charge in [-0.1, -0.05) is 18.2 Å². The second-order valence-corrected chi connectivity index (χ2v) is 5.26. The lowest BCUT2D eigenvalue weighted by Crippen LogP contribution is -2.10. The molecular formula is C13H12O4S. The molecule has 4 nitrogen and oxygen atoms in total. The summed E-state index contributed by atoms with van der Waals surface area (Å²) in [6.07, 6.45) is 1.59. The SMILES string of the molecule is O=C(O)C[S@](=O)Cc1cccc(-c2ccco2)c1. The molecule has 0 spiro atoms. The minimum atomic E-state index is -1.39. The Balaban J connectivity index is 2.13. The molecule has 1 aromatic heterocycles. The standard InChI is InChI=1S/C13H12O4S/c14-13(15)9-18(16)8-10-3-1-4-11(7-10)12-5-2-6-17-12/h1-7H,8-9H2,(H,14,15)/t18-/m1/s1. The summed E-state index contributed by atoms with van der Waals surface area (Å²) in [5.74, 6) is -0.400. The van der Waals surface area contributed by atoms with Gasteiger partial charge in [0.1, 0.15) is 11.5 Å². The zero-order valence-corrected chi connectivity index (χ0v) is 10.4. The van der Waals surface area contributed by atoms with Crippen molar-refractivity contribution < 1.29 is 18.5 Å². The largest absolute Gasteiger partial charge is 0.481 e. The van der Waals surface area contributed by atoms with E-state index in [1.807, 2.05) is 30.3 Å². The average Bonchev–Trinajstić information content (AvgIpc) is 2.81. The van der Waals surface area contributed by atoms with E-state index in [0.717, 1.165) is 16.9 Å². The molecule has 2 aromatic rings. The fourth-order valence-corrected chi connectivity index (χ4v) is 2.56. The fourth-order valence-electron chi connectivity index (χ4n) is 1.63. The van der Waals surface area contributed by atoms with Crippen molar-refractivity contribution in [3.63, 3.8) is 0 Å². The number of benzene rings is 1. The molecule has 1 atom stereocenters. The van der Waals surface area contributed by atoms with Gasteiger partial charge in [-0.2, -0.15) is 0 Å². The predicted molar refractivity (Wildman–Crippen MR) is 68.5 cm³/mol. The van der Waals surface area contributed by atoms with Gasteiger partial charge >= 0.3 is 5.97 Å². The second kappa shape index (κ2) is 5.64. The summed E-state index contributed by atoms with van der Waals surface area (Å²) >= 11 is 0. The molecule has 94 valence electrons. The van der Waals surface area contributed by atoms with E-state index in [9.17, 15) is 9.00 Å². The van der Waals surface area contributed by atoms with Gasteiger partial charge < -0.3 is 9.52 Å². The van der Waals surface area contributed by atoms with E-state index >= 15 is 0 Å². The van der Waals surface area contributed by atoms with Crippen LogP contribution in [0.2, 0.25) is 0 Å². The summed E-state index contributed by atoms with van der Waals surface area (Å²) in [6.45, 7) is 0. The molecule has 0 saturated carbocycles. The monoisotopic (exact) mass is 264 g/mol. The van der Waals surface area contributed by atoms with Gasteiger partial charge in [-0.15, -0.1) is 0 Å². The number of hydrogen-bond acceptors (Lipinski definition) is 3. The second-order valence-electron chi connectivity index (χ2n) is 3.80. The highest BCUT2D eigenvalue weighted by Crippen LogP contribution is 2.21. The molecule has 0 bridgehead atoms. The van der Waals surface area contributed by atoms with Crippen LogP contribution in [-0.4, -0.2) is 21.0 Å². The Hall–Kier alpha value is -1.88. The summed E-state index contributed by atoms with van der Waals surface area (Å²) in [6, 6.07) is 11.1. The molecule has 0 unspecified atom stereocenters. The first-order valence-corrected chi connectivity index (χ1v) is 6.83. The molecule has 0 aliphatic heterocycles. The van der Waals surface area contributed by atoms with Gasteiger partial charge in [-0.25, -0.2) is 0 Å². The molecule has 0 amide bonds. The third-order valence-electron chi connectivity index (χ3n) is 2.34. The van der Waals surface area contributed by atoms with Gasteiger partial charge in [-0.05, 0) is 23.8 Å². The highest BCUT2D eigenvalue weighted by atomic mass is 32.2. The Kier molecular flexibility index (Phi) is 3.94. The van der Waals surface area contributed by atoms with E-state index in [4.69, 9.17) is 9.52 Å². The molecular weight excluding hydrogens is 252 g/mol. The molecule has 1 aromatic carbocycles. The third kappa shape index (κ3) is 3.30. The Bertz CT molecular complexity index is 560. The van der Waals surface area contributed by atoms with Crippen LogP contribution in [0.1, 0.15) is 5.56 Å². The molecule has 2 rings (SSSR count). The highest BCUT2D eigenvalue weighted by molar-refractivity contribution is 7.84. The number of aliphatic carboxylic acids is 1. The van der Waals surface area contributed by atoms with Crippen LogP contribution < -0.4 is 0 Å². The van der Waals surface area contributed by atoms with Crippen molar-refractivity contribution in [3.05, 3.63) is 48.2 Å². The number of carboxylic acid groups (broad SMARTS) is 1. The average molecular weight is 264 g/mol. The summed E-state index contributed by atoms with van der Waals surface area (Å²) in [5, 5.41) is 8.56. The number of carbonyl (C=O) groups is 1. The zero-order chi connectivity index (χ0) is 13.0. The van der Waals surface area contributed by atoms with Gasteiger partial charge in [0.2, 0.25) is 0 Å². The first kappa shape index (κ1) is 12.6. The topological polar surface area (TPSA) is 67.5 Å². The number of rotatable bonds is 5. The van der Waals surface area contributed by atoms with E-state index in [2.05, 4.69) is 0 Å². The molecule has 18 heavy (non-hydrogen) atoms. The van der Waals surface area contributed by atoms with Gasteiger partial charge in [0, 0.05) is 22.1 Å². The quantitative estimate of drug-likeness (QED) is 0.899. The van der Waals surface area contributed by atoms with Crippen LogP contribution in [0, 0.1) is 0 Å². The number of carboxylic acids is 1. The molecule has 0 aliphatic rings. The lowest BCUT2D eigenvalue weighted by Gasteiger charge is -2.03. The van der Waals surface area contributed by atoms with Crippen LogP contribution >= 0.6 is 0 Å². The van der Waals surface area contributed by atoms with E-state index in [0.29, 0.717) is 0 Å². The van der Waals surface area contributed by atoms with Crippen molar-refractivity contribution in [3.8, 4) is 11.3 Å². The summed E-state index contributed by atoms with van der Waals surface area (Å²) in [4.78, 5) is 10.4. The maximum Gasteiger partial charge on any atom is 0.316 e. The Morgan fingerprint density at radius 3 is 2.78 bits per heavy atom. The van der Waals surface area contributed by atoms with E-state index in [1.54, 1.807) is 12.3 Å². The summed E-state index contributed by atoms with van der Waals surface area (Å²) in [7, 11) is -1.39. The van der Waals surface area contributed by atoms with Crippen molar-refractivity contribution in [1.82, 2.24) is 0 Å². The third-order valence-corrected chi connectivity index (χ3v) is 3.57. The van der Waals surface area contributed by atoms with Gasteiger partial charge in [0.25, 0.3) is 0 Å². The molecule has 0 aliphatic carbocycles. The number of hydrogen-bond donors (Lipinski definition) is 1. The van der Waals surface area contributed by atoms with Gasteiger partial charge in [0.15, 0.2) is 0 Å². The van der Waals surface area contributed by atoms with E-state index in [-0.39, 0.29) is 11.5 Å². The lowest BCUT2D eigenvalue weighted by molar-refractivity contribution is -0.133. The smallest absolute Gasteiger partial charge is 0.316 e. The van der Waals surface area contributed by atoms with Crippen molar-refractivity contribution in [2.24, 2.45) is 0 Å². The van der Waals surface area contributed by atoms with Crippen molar-refractivity contribution in [2.45, 2.75) is 5.75 Å².